The average Bonchev–Trinajstić information content (AvgIpc) is 3.31. The van der Waals surface area contributed by atoms with Crippen LogP contribution in [0.3, 0.4) is 0 Å². The maximum absolute atomic E-state index is 12.4. The molecule has 0 saturated heterocycles. The number of carbonyl (C=O) groups excluding carboxylic acids is 1. The minimum atomic E-state index is -0.244. The van der Waals surface area contributed by atoms with Crippen molar-refractivity contribution in [1.82, 2.24) is 25.6 Å². The van der Waals surface area contributed by atoms with E-state index >= 15 is 0 Å². The van der Waals surface area contributed by atoms with Gasteiger partial charge in [0.2, 0.25) is 11.7 Å². The average molecular weight is 336 g/mol. The van der Waals surface area contributed by atoms with Crippen molar-refractivity contribution in [3.63, 3.8) is 0 Å². The van der Waals surface area contributed by atoms with Gasteiger partial charge in [-0.3, -0.25) is 4.79 Å². The zero-order valence-corrected chi connectivity index (χ0v) is 13.3. The number of nitrogens with zero attached hydrogens (tertiary/aromatic N) is 4. The Morgan fingerprint density at radius 1 is 1.28 bits per heavy atom. The molecule has 1 aromatic carbocycles. The van der Waals surface area contributed by atoms with E-state index in [1.54, 1.807) is 24.3 Å². The molecule has 1 aliphatic rings. The summed E-state index contributed by atoms with van der Waals surface area (Å²) in [7, 11) is 0. The zero-order chi connectivity index (χ0) is 17.1. The van der Waals surface area contributed by atoms with Gasteiger partial charge in [-0.15, -0.1) is 10.2 Å². The van der Waals surface area contributed by atoms with Crippen LogP contribution in [0.1, 0.15) is 23.2 Å². The summed E-state index contributed by atoms with van der Waals surface area (Å²) >= 11 is 0. The molecule has 2 heterocycles. The molecule has 1 aliphatic carbocycles. The first-order valence-electron chi connectivity index (χ1n) is 8.02. The van der Waals surface area contributed by atoms with E-state index in [2.05, 4.69) is 30.9 Å². The maximum Gasteiger partial charge on any atom is 0.257 e. The number of anilines is 1. The van der Waals surface area contributed by atoms with Gasteiger partial charge in [0.05, 0.1) is 12.2 Å². The Hall–Kier alpha value is -3.29. The van der Waals surface area contributed by atoms with Gasteiger partial charge in [0.25, 0.3) is 5.91 Å². The van der Waals surface area contributed by atoms with Crippen LogP contribution < -0.4 is 10.1 Å². The predicted molar refractivity (Wildman–Crippen MR) is 90.0 cm³/mol. The highest BCUT2D eigenvalue weighted by Crippen LogP contribution is 2.29. The summed E-state index contributed by atoms with van der Waals surface area (Å²) in [5.41, 5.74) is 1.86. The van der Waals surface area contributed by atoms with Crippen LogP contribution in [0.25, 0.3) is 11.4 Å². The van der Waals surface area contributed by atoms with Crippen molar-refractivity contribution in [2.75, 3.05) is 11.9 Å². The Morgan fingerprint density at radius 3 is 2.92 bits per heavy atom. The third-order valence-electron chi connectivity index (χ3n) is 3.89. The Labute approximate surface area is 143 Å². The van der Waals surface area contributed by atoms with Crippen molar-refractivity contribution in [2.24, 2.45) is 5.92 Å². The van der Waals surface area contributed by atoms with Crippen molar-refractivity contribution >= 4 is 11.6 Å². The molecule has 0 aliphatic heterocycles. The van der Waals surface area contributed by atoms with E-state index in [0.29, 0.717) is 35.5 Å². The summed E-state index contributed by atoms with van der Waals surface area (Å²) in [6, 6.07) is 10.6. The van der Waals surface area contributed by atoms with E-state index in [-0.39, 0.29) is 5.91 Å². The van der Waals surface area contributed by atoms with Crippen LogP contribution in [-0.2, 0) is 0 Å². The third kappa shape index (κ3) is 3.79. The van der Waals surface area contributed by atoms with Crippen molar-refractivity contribution in [3.8, 4) is 17.3 Å². The summed E-state index contributed by atoms with van der Waals surface area (Å²) in [5, 5.41) is 16.6. The highest BCUT2D eigenvalue weighted by atomic mass is 16.5. The van der Waals surface area contributed by atoms with Gasteiger partial charge in [-0.1, -0.05) is 12.1 Å². The molecule has 8 heteroatoms. The number of pyridine rings is 1. The lowest BCUT2D eigenvalue weighted by Crippen LogP contribution is -2.12. The lowest BCUT2D eigenvalue weighted by molar-refractivity contribution is 0.102. The Bertz CT molecular complexity index is 859. The summed E-state index contributed by atoms with van der Waals surface area (Å²) in [4.78, 5) is 16.5. The van der Waals surface area contributed by atoms with Gasteiger partial charge < -0.3 is 10.1 Å². The number of aromatic nitrogens is 5. The summed E-state index contributed by atoms with van der Waals surface area (Å²) in [6.45, 7) is 0.696. The van der Waals surface area contributed by atoms with Crippen molar-refractivity contribution in [2.45, 2.75) is 12.8 Å². The zero-order valence-electron chi connectivity index (χ0n) is 13.3. The molecule has 4 rings (SSSR count). The number of benzene rings is 1. The van der Waals surface area contributed by atoms with E-state index in [1.165, 1.54) is 19.0 Å². The first-order chi connectivity index (χ1) is 12.3. The number of tetrazole rings is 1. The molecule has 25 heavy (non-hydrogen) atoms. The highest BCUT2D eigenvalue weighted by Gasteiger charge is 2.22. The molecule has 2 N–H and O–H groups in total. The van der Waals surface area contributed by atoms with Gasteiger partial charge in [0, 0.05) is 23.5 Å². The van der Waals surface area contributed by atoms with Crippen LogP contribution in [0.4, 0.5) is 5.69 Å². The molecular formula is C17H16N6O2. The Kier molecular flexibility index (Phi) is 4.07. The molecule has 1 saturated carbocycles. The van der Waals surface area contributed by atoms with E-state index in [0.717, 1.165) is 5.56 Å². The smallest absolute Gasteiger partial charge is 0.257 e. The van der Waals surface area contributed by atoms with Gasteiger partial charge in [-0.2, -0.15) is 5.21 Å². The fraction of sp³-hybridized carbons (Fsp3) is 0.235. The maximum atomic E-state index is 12.4. The Morgan fingerprint density at radius 2 is 2.20 bits per heavy atom. The molecule has 2 aromatic heterocycles. The second kappa shape index (κ2) is 6.68. The molecule has 0 unspecified atom stereocenters. The second-order valence-corrected chi connectivity index (χ2v) is 5.91. The van der Waals surface area contributed by atoms with Gasteiger partial charge in [-0.25, -0.2) is 4.98 Å². The number of amides is 1. The molecule has 8 nitrogen and oxygen atoms in total. The van der Waals surface area contributed by atoms with Gasteiger partial charge in [-0.05, 0) is 42.2 Å². The molecule has 3 aromatic rings. The van der Waals surface area contributed by atoms with E-state index in [1.807, 2.05) is 12.1 Å². The second-order valence-electron chi connectivity index (χ2n) is 5.91. The summed E-state index contributed by atoms with van der Waals surface area (Å²) in [5.74, 6) is 1.43. The fourth-order valence-electron chi connectivity index (χ4n) is 2.31. The number of aromatic amines is 1. The van der Waals surface area contributed by atoms with E-state index in [4.69, 9.17) is 4.74 Å². The first-order valence-corrected chi connectivity index (χ1v) is 8.02. The van der Waals surface area contributed by atoms with Crippen molar-refractivity contribution in [3.05, 3.63) is 48.2 Å². The standard InChI is InChI=1S/C17H16N6O2/c24-17(13-6-7-15(18-9-13)25-10-11-4-5-11)19-14-3-1-2-12(8-14)16-20-22-23-21-16/h1-3,6-9,11H,4-5,10H2,(H,19,24)(H,20,21,22,23). The Balaban J connectivity index is 1.42. The molecule has 0 radical (unpaired) electrons. The number of hydrogen-bond donors (Lipinski definition) is 2. The number of ether oxygens (including phenoxy) is 1. The normalized spacial score (nSPS) is 13.4. The van der Waals surface area contributed by atoms with Crippen molar-refractivity contribution in [1.29, 1.82) is 0 Å². The molecular weight excluding hydrogens is 320 g/mol. The summed E-state index contributed by atoms with van der Waals surface area (Å²) in [6.07, 6.45) is 3.97. The molecule has 0 atom stereocenters. The lowest BCUT2D eigenvalue weighted by atomic mass is 10.2. The topological polar surface area (TPSA) is 106 Å². The largest absolute Gasteiger partial charge is 0.477 e. The van der Waals surface area contributed by atoms with Crippen LogP contribution >= 0.6 is 0 Å². The molecule has 0 spiro atoms. The van der Waals surface area contributed by atoms with E-state index in [9.17, 15) is 4.79 Å². The molecule has 0 bridgehead atoms. The van der Waals surface area contributed by atoms with Crippen LogP contribution in [-0.4, -0.2) is 38.1 Å². The lowest BCUT2D eigenvalue weighted by Gasteiger charge is -2.07. The number of carbonyl (C=O) groups is 1. The monoisotopic (exact) mass is 336 g/mol. The van der Waals surface area contributed by atoms with Crippen LogP contribution in [0.5, 0.6) is 5.88 Å². The minimum Gasteiger partial charge on any atom is -0.477 e. The third-order valence-corrected chi connectivity index (χ3v) is 3.89. The number of nitrogens with one attached hydrogen (secondary N) is 2. The molecule has 1 amide bonds. The summed E-state index contributed by atoms with van der Waals surface area (Å²) < 4.78 is 5.57. The number of H-pyrrole nitrogens is 1. The number of rotatable bonds is 6. The predicted octanol–water partition coefficient (Wildman–Crippen LogP) is 2.30. The number of hydrogen-bond acceptors (Lipinski definition) is 6. The van der Waals surface area contributed by atoms with Gasteiger partial charge in [0.1, 0.15) is 0 Å². The van der Waals surface area contributed by atoms with Gasteiger partial charge in [0.15, 0.2) is 0 Å². The van der Waals surface area contributed by atoms with Crippen LogP contribution in [0.2, 0.25) is 0 Å². The quantitative estimate of drug-likeness (QED) is 0.715. The van der Waals surface area contributed by atoms with Crippen LogP contribution in [0.15, 0.2) is 42.6 Å². The SMILES string of the molecule is O=C(Nc1cccc(-c2nn[nH]n2)c1)c1ccc(OCC2CC2)nc1. The van der Waals surface area contributed by atoms with Crippen LogP contribution in [0, 0.1) is 5.92 Å². The molecule has 1 fully saturated rings. The first kappa shape index (κ1) is 15.3. The van der Waals surface area contributed by atoms with E-state index < -0.39 is 0 Å². The highest BCUT2D eigenvalue weighted by molar-refractivity contribution is 6.04. The van der Waals surface area contributed by atoms with Gasteiger partial charge >= 0.3 is 0 Å². The van der Waals surface area contributed by atoms with Crippen molar-refractivity contribution < 1.29 is 9.53 Å². The fourth-order valence-corrected chi connectivity index (χ4v) is 2.31. The molecule has 126 valence electrons. The minimum absolute atomic E-state index is 0.244.